The van der Waals surface area contributed by atoms with Crippen molar-refractivity contribution in [2.45, 2.75) is 9.79 Å². The first-order valence-corrected chi connectivity index (χ1v) is 12.3. The van der Waals surface area contributed by atoms with Crippen molar-refractivity contribution < 1.29 is 26.4 Å². The van der Waals surface area contributed by atoms with E-state index in [1.54, 1.807) is 14.1 Å². The van der Waals surface area contributed by atoms with Crippen LogP contribution in [-0.4, -0.2) is 55.0 Å². The zero-order valence-corrected chi connectivity index (χ0v) is 19.5. The lowest BCUT2D eigenvalue weighted by molar-refractivity contribution is 0.0976. The van der Waals surface area contributed by atoms with Crippen molar-refractivity contribution in [1.82, 2.24) is 10.0 Å². The predicted octanol–water partition coefficient (Wildman–Crippen LogP) is -0.257. The molecular weight excluding hydrogens is 474 g/mol. The molecule has 2 aromatic carbocycles. The van der Waals surface area contributed by atoms with E-state index in [1.165, 1.54) is 35.2 Å². The van der Waals surface area contributed by atoms with Crippen LogP contribution in [0.1, 0.15) is 10.4 Å². The molecule has 8 N–H and O–H groups in total. The first-order valence-electron chi connectivity index (χ1n) is 8.97. The molecule has 2 rings (SSSR count). The van der Waals surface area contributed by atoms with E-state index in [1.807, 2.05) is 4.72 Å². The molecule has 0 aliphatic heterocycles. The zero-order chi connectivity index (χ0) is 25.1. The average Bonchev–Trinajstić information content (AvgIpc) is 2.65. The van der Waals surface area contributed by atoms with Crippen molar-refractivity contribution in [1.29, 1.82) is 10.8 Å². The summed E-state index contributed by atoms with van der Waals surface area (Å²) in [5.41, 5.74) is 10.5. The molecule has 0 heterocycles. The fraction of sp³-hybridized carbons (Fsp3) is 0.167. The van der Waals surface area contributed by atoms with Gasteiger partial charge >= 0.3 is 0 Å². The number of hydrogen-bond acceptors (Lipinski definition) is 9. The van der Waals surface area contributed by atoms with Gasteiger partial charge in [0.1, 0.15) is 16.4 Å². The number of nitrogens with zero attached hydrogens (tertiary/aromatic N) is 1. The highest BCUT2D eigenvalue weighted by atomic mass is 32.2. The summed E-state index contributed by atoms with van der Waals surface area (Å²) in [4.78, 5) is 13.5. The molecule has 0 spiro atoms. The Morgan fingerprint density at radius 3 is 2.03 bits per heavy atom. The Bertz CT molecular complexity index is 1320. The number of ether oxygens (including phenoxy) is 1. The van der Waals surface area contributed by atoms with Crippen LogP contribution in [0.3, 0.4) is 0 Å². The van der Waals surface area contributed by atoms with Gasteiger partial charge < -0.3 is 21.1 Å². The molecule has 0 aliphatic rings. The van der Waals surface area contributed by atoms with Gasteiger partial charge in [-0.3, -0.25) is 20.9 Å². The highest BCUT2D eigenvalue weighted by molar-refractivity contribution is 7.91. The smallest absolute Gasteiger partial charge is 0.264 e. The number of nitrogens with two attached hydrogens (primary N) is 2. The third-order valence-electron chi connectivity index (χ3n) is 4.04. The summed E-state index contributed by atoms with van der Waals surface area (Å²) in [7, 11) is -4.70. The standard InChI is InChI=1S/C18H23N7O6S2/c1-25(2)13-9-14(15(32(3,27)28)8-12(13)16(26)23-17(19)20)31-10-4-6-11(7-5-10)33(29,30)24-18(21)22/h4-9H,1-3H3,(H4,21,22,24)(H4,19,20,23,26). The molecule has 0 bridgehead atoms. The number of anilines is 1. The van der Waals surface area contributed by atoms with Gasteiger partial charge in [-0.15, -0.1) is 0 Å². The molecule has 0 atom stereocenters. The topological polar surface area (TPSA) is 222 Å². The van der Waals surface area contributed by atoms with E-state index in [0.717, 1.165) is 12.3 Å². The molecule has 0 saturated carbocycles. The number of benzene rings is 2. The van der Waals surface area contributed by atoms with Gasteiger partial charge in [-0.2, -0.15) is 0 Å². The number of nitrogens with one attached hydrogen (secondary N) is 4. The lowest BCUT2D eigenvalue weighted by Gasteiger charge is -2.20. The maximum absolute atomic E-state index is 12.5. The molecule has 33 heavy (non-hydrogen) atoms. The van der Waals surface area contributed by atoms with Gasteiger partial charge in [0.15, 0.2) is 21.8 Å². The van der Waals surface area contributed by atoms with Crippen molar-refractivity contribution in [3.05, 3.63) is 42.0 Å². The number of guanidine groups is 2. The van der Waals surface area contributed by atoms with Crippen molar-refractivity contribution in [2.75, 3.05) is 25.3 Å². The third-order valence-corrected chi connectivity index (χ3v) is 6.54. The van der Waals surface area contributed by atoms with Crippen molar-refractivity contribution in [3.63, 3.8) is 0 Å². The largest absolute Gasteiger partial charge is 0.456 e. The fourth-order valence-corrected chi connectivity index (χ4v) is 4.38. The Hall–Kier alpha value is -3.85. The third kappa shape index (κ3) is 6.33. The summed E-state index contributed by atoms with van der Waals surface area (Å²) in [6.07, 6.45) is 0.931. The number of amides is 1. The van der Waals surface area contributed by atoms with Gasteiger partial charge in [-0.1, -0.05) is 0 Å². The minimum absolute atomic E-state index is 0.0558. The molecule has 0 unspecified atom stereocenters. The zero-order valence-electron chi connectivity index (χ0n) is 17.8. The Balaban J connectivity index is 2.56. The van der Waals surface area contributed by atoms with Crippen LogP contribution in [0.15, 0.2) is 46.2 Å². The van der Waals surface area contributed by atoms with Gasteiger partial charge in [0.05, 0.1) is 16.1 Å². The van der Waals surface area contributed by atoms with Gasteiger partial charge in [-0.25, -0.2) is 21.6 Å². The van der Waals surface area contributed by atoms with E-state index < -0.39 is 37.7 Å². The van der Waals surface area contributed by atoms with Crippen LogP contribution < -0.4 is 31.1 Å². The maximum Gasteiger partial charge on any atom is 0.264 e. The molecule has 178 valence electrons. The quantitative estimate of drug-likeness (QED) is 0.219. The van der Waals surface area contributed by atoms with Crippen LogP contribution >= 0.6 is 0 Å². The van der Waals surface area contributed by atoms with Crippen molar-refractivity contribution in [3.8, 4) is 11.5 Å². The van der Waals surface area contributed by atoms with E-state index in [4.69, 9.17) is 27.0 Å². The summed E-state index contributed by atoms with van der Waals surface area (Å²) in [5.74, 6) is -2.15. The fourth-order valence-electron chi connectivity index (χ4n) is 2.68. The molecule has 1 amide bonds. The average molecular weight is 498 g/mol. The summed E-state index contributed by atoms with van der Waals surface area (Å²) < 4.78 is 56.5. The van der Waals surface area contributed by atoms with E-state index in [9.17, 15) is 21.6 Å². The van der Waals surface area contributed by atoms with E-state index in [2.05, 4.69) is 5.32 Å². The van der Waals surface area contributed by atoms with Gasteiger partial charge in [0.2, 0.25) is 0 Å². The van der Waals surface area contributed by atoms with Crippen LogP contribution in [0.5, 0.6) is 11.5 Å². The Labute approximate surface area is 190 Å². The van der Waals surface area contributed by atoms with Crippen molar-refractivity contribution >= 4 is 43.4 Å². The summed E-state index contributed by atoms with van der Waals surface area (Å²) in [6.45, 7) is 0. The molecule has 0 aromatic heterocycles. The van der Waals surface area contributed by atoms with E-state index in [-0.39, 0.29) is 32.5 Å². The Morgan fingerprint density at radius 1 is 1.00 bits per heavy atom. The summed E-state index contributed by atoms with van der Waals surface area (Å²) >= 11 is 0. The maximum atomic E-state index is 12.5. The number of rotatable bonds is 7. The number of carbonyl (C=O) groups excluding carboxylic acids is 1. The number of carbonyl (C=O) groups is 1. The minimum Gasteiger partial charge on any atom is -0.456 e. The normalized spacial score (nSPS) is 11.4. The van der Waals surface area contributed by atoms with Gasteiger partial charge in [0.25, 0.3) is 15.9 Å². The Morgan fingerprint density at radius 2 is 1.58 bits per heavy atom. The number of sulfone groups is 1. The first-order chi connectivity index (χ1) is 15.1. The molecular formula is C18H23N7O6S2. The van der Waals surface area contributed by atoms with Gasteiger partial charge in [0, 0.05) is 26.4 Å². The number of sulfonamides is 1. The van der Waals surface area contributed by atoms with E-state index in [0.29, 0.717) is 0 Å². The van der Waals surface area contributed by atoms with Gasteiger partial charge in [-0.05, 0) is 30.3 Å². The summed E-state index contributed by atoms with van der Waals surface area (Å²) in [6, 6.07) is 7.37. The molecule has 15 heteroatoms. The second-order valence-electron chi connectivity index (χ2n) is 6.94. The highest BCUT2D eigenvalue weighted by Crippen LogP contribution is 2.35. The molecule has 2 aromatic rings. The van der Waals surface area contributed by atoms with Crippen LogP contribution in [0.2, 0.25) is 0 Å². The van der Waals surface area contributed by atoms with Crippen LogP contribution in [0, 0.1) is 10.8 Å². The lowest BCUT2D eigenvalue weighted by Crippen LogP contribution is -2.36. The monoisotopic (exact) mass is 497 g/mol. The second-order valence-corrected chi connectivity index (χ2v) is 10.6. The molecule has 0 aliphatic carbocycles. The molecule has 0 fully saturated rings. The second kappa shape index (κ2) is 9.33. The minimum atomic E-state index is -4.05. The Kier molecular flexibility index (Phi) is 7.19. The molecule has 0 radical (unpaired) electrons. The van der Waals surface area contributed by atoms with E-state index >= 15 is 0 Å². The van der Waals surface area contributed by atoms with Crippen molar-refractivity contribution in [2.24, 2.45) is 11.5 Å². The molecule has 13 nitrogen and oxygen atoms in total. The first kappa shape index (κ1) is 25.4. The summed E-state index contributed by atoms with van der Waals surface area (Å²) in [5, 5.41) is 16.4. The number of hydrogen-bond donors (Lipinski definition) is 6. The highest BCUT2D eigenvalue weighted by Gasteiger charge is 2.24. The van der Waals surface area contributed by atoms with Crippen LogP contribution in [-0.2, 0) is 19.9 Å². The molecule has 0 saturated heterocycles. The van der Waals surface area contributed by atoms with Crippen LogP contribution in [0.4, 0.5) is 5.69 Å². The van der Waals surface area contributed by atoms with Crippen LogP contribution in [0.25, 0.3) is 0 Å². The SMILES string of the molecule is CN(C)c1cc(Oc2ccc(S(=O)(=O)NC(=N)N)cc2)c(S(C)(=O)=O)cc1C(=O)NC(=N)N. The predicted molar refractivity (Wildman–Crippen MR) is 122 cm³/mol. The lowest BCUT2D eigenvalue weighted by atomic mass is 10.1.